The van der Waals surface area contributed by atoms with Crippen LogP contribution < -0.4 is 10.5 Å². The maximum atomic E-state index is 5.71. The highest BCUT2D eigenvalue weighted by Gasteiger charge is 2.00. The molecule has 0 amide bonds. The molecule has 66 valence electrons. The number of nitrogen functional groups attached to an aromatic ring is 1. The Morgan fingerprint density at radius 1 is 1.42 bits per heavy atom. The molecule has 12 heavy (non-hydrogen) atoms. The molecule has 0 fully saturated rings. The number of hydrogen-bond donors (Lipinski definition) is 1. The van der Waals surface area contributed by atoms with Crippen LogP contribution in [0, 0.1) is 6.92 Å². The molecule has 0 aliphatic heterocycles. The monoisotopic (exact) mass is 165 g/mol. The lowest BCUT2D eigenvalue weighted by molar-refractivity contribution is 0.315. The van der Waals surface area contributed by atoms with E-state index in [1.807, 2.05) is 25.1 Å². The summed E-state index contributed by atoms with van der Waals surface area (Å²) in [5, 5.41) is 0. The van der Waals surface area contributed by atoms with Gasteiger partial charge >= 0.3 is 0 Å². The van der Waals surface area contributed by atoms with Crippen LogP contribution in [0.15, 0.2) is 18.2 Å². The molecule has 0 saturated carbocycles. The van der Waals surface area contributed by atoms with E-state index in [4.69, 9.17) is 10.5 Å². The summed E-state index contributed by atoms with van der Waals surface area (Å²) in [5.41, 5.74) is 7.54. The average molecular weight is 165 g/mol. The highest BCUT2D eigenvalue weighted by atomic mass is 16.5. The molecular weight excluding hydrogens is 150 g/mol. The van der Waals surface area contributed by atoms with E-state index in [2.05, 4.69) is 6.92 Å². The first-order chi connectivity index (χ1) is 5.75. The van der Waals surface area contributed by atoms with E-state index in [1.165, 1.54) is 0 Å². The molecule has 0 bridgehead atoms. The van der Waals surface area contributed by atoms with Gasteiger partial charge in [0.15, 0.2) is 0 Å². The molecule has 0 heterocycles. The fraction of sp³-hybridized carbons (Fsp3) is 0.400. The van der Waals surface area contributed by atoms with Crippen molar-refractivity contribution < 1.29 is 4.74 Å². The lowest BCUT2D eigenvalue weighted by Crippen LogP contribution is -1.98. The lowest BCUT2D eigenvalue weighted by Gasteiger charge is -2.08. The van der Waals surface area contributed by atoms with Crippen molar-refractivity contribution in [3.8, 4) is 5.75 Å². The van der Waals surface area contributed by atoms with Crippen LogP contribution >= 0.6 is 0 Å². The van der Waals surface area contributed by atoms with Gasteiger partial charge in [-0.1, -0.05) is 13.0 Å². The second-order valence-electron chi connectivity index (χ2n) is 2.82. The topological polar surface area (TPSA) is 35.2 Å². The SMILES string of the molecule is CCCOc1cccc(N)c1C. The highest BCUT2D eigenvalue weighted by molar-refractivity contribution is 5.53. The number of anilines is 1. The fourth-order valence-electron chi connectivity index (χ4n) is 1.000. The van der Waals surface area contributed by atoms with Crippen molar-refractivity contribution in [1.29, 1.82) is 0 Å². The minimum Gasteiger partial charge on any atom is -0.493 e. The van der Waals surface area contributed by atoms with Crippen molar-refractivity contribution in [2.75, 3.05) is 12.3 Å². The van der Waals surface area contributed by atoms with Gasteiger partial charge < -0.3 is 10.5 Å². The molecule has 0 aliphatic rings. The normalized spacial score (nSPS) is 9.83. The smallest absolute Gasteiger partial charge is 0.124 e. The van der Waals surface area contributed by atoms with E-state index >= 15 is 0 Å². The van der Waals surface area contributed by atoms with Crippen molar-refractivity contribution in [1.82, 2.24) is 0 Å². The zero-order chi connectivity index (χ0) is 8.97. The van der Waals surface area contributed by atoms with Crippen molar-refractivity contribution in [3.05, 3.63) is 23.8 Å². The first-order valence-corrected chi connectivity index (χ1v) is 4.23. The summed E-state index contributed by atoms with van der Waals surface area (Å²) in [7, 11) is 0. The zero-order valence-corrected chi connectivity index (χ0v) is 7.63. The molecule has 2 N–H and O–H groups in total. The number of hydrogen-bond acceptors (Lipinski definition) is 2. The molecule has 1 aromatic carbocycles. The number of ether oxygens (including phenoxy) is 1. The van der Waals surface area contributed by atoms with Crippen LogP contribution in [0.1, 0.15) is 18.9 Å². The molecule has 0 spiro atoms. The second-order valence-corrected chi connectivity index (χ2v) is 2.82. The lowest BCUT2D eigenvalue weighted by atomic mass is 10.2. The quantitative estimate of drug-likeness (QED) is 0.698. The summed E-state index contributed by atoms with van der Waals surface area (Å²) >= 11 is 0. The van der Waals surface area contributed by atoms with Gasteiger partial charge in [-0.25, -0.2) is 0 Å². The number of rotatable bonds is 3. The van der Waals surface area contributed by atoms with Gasteiger partial charge in [-0.3, -0.25) is 0 Å². The Labute approximate surface area is 73.3 Å². The van der Waals surface area contributed by atoms with E-state index in [0.717, 1.165) is 30.0 Å². The molecule has 0 radical (unpaired) electrons. The van der Waals surface area contributed by atoms with Crippen molar-refractivity contribution >= 4 is 5.69 Å². The largest absolute Gasteiger partial charge is 0.493 e. The van der Waals surface area contributed by atoms with Gasteiger partial charge in [-0.15, -0.1) is 0 Å². The van der Waals surface area contributed by atoms with Gasteiger partial charge in [0.1, 0.15) is 5.75 Å². The highest BCUT2D eigenvalue weighted by Crippen LogP contribution is 2.22. The summed E-state index contributed by atoms with van der Waals surface area (Å²) < 4.78 is 5.49. The third-order valence-electron chi connectivity index (χ3n) is 1.79. The molecule has 0 unspecified atom stereocenters. The van der Waals surface area contributed by atoms with E-state index < -0.39 is 0 Å². The minimum atomic E-state index is 0.754. The van der Waals surface area contributed by atoms with E-state index in [9.17, 15) is 0 Å². The summed E-state index contributed by atoms with van der Waals surface area (Å²) in [6.45, 7) is 4.81. The van der Waals surface area contributed by atoms with Crippen LogP contribution in [0.3, 0.4) is 0 Å². The zero-order valence-electron chi connectivity index (χ0n) is 7.63. The molecule has 0 saturated heterocycles. The van der Waals surface area contributed by atoms with Crippen molar-refractivity contribution in [2.24, 2.45) is 0 Å². The van der Waals surface area contributed by atoms with Gasteiger partial charge in [0.25, 0.3) is 0 Å². The molecule has 2 heteroatoms. The molecule has 0 aromatic heterocycles. The standard InChI is InChI=1S/C10H15NO/c1-3-7-12-10-6-4-5-9(11)8(10)2/h4-6H,3,7,11H2,1-2H3. The Balaban J connectivity index is 2.78. The number of nitrogens with two attached hydrogens (primary N) is 1. The van der Waals surface area contributed by atoms with Gasteiger partial charge in [-0.05, 0) is 25.5 Å². The van der Waals surface area contributed by atoms with E-state index in [1.54, 1.807) is 0 Å². The van der Waals surface area contributed by atoms with Gasteiger partial charge in [0, 0.05) is 11.3 Å². The molecule has 2 nitrogen and oxygen atoms in total. The molecule has 0 aliphatic carbocycles. The maximum absolute atomic E-state index is 5.71. The summed E-state index contributed by atoms with van der Waals surface area (Å²) in [6.07, 6.45) is 1.02. The molecule has 0 atom stereocenters. The Hall–Kier alpha value is -1.18. The third-order valence-corrected chi connectivity index (χ3v) is 1.79. The van der Waals surface area contributed by atoms with Crippen LogP contribution in [0.2, 0.25) is 0 Å². The maximum Gasteiger partial charge on any atom is 0.124 e. The first-order valence-electron chi connectivity index (χ1n) is 4.23. The minimum absolute atomic E-state index is 0.754. The fourth-order valence-corrected chi connectivity index (χ4v) is 1.000. The van der Waals surface area contributed by atoms with Crippen molar-refractivity contribution in [3.63, 3.8) is 0 Å². The Morgan fingerprint density at radius 3 is 2.83 bits per heavy atom. The Bertz CT molecular complexity index is 258. The van der Waals surface area contributed by atoms with Crippen LogP contribution in [0.25, 0.3) is 0 Å². The summed E-state index contributed by atoms with van der Waals surface area (Å²) in [5.74, 6) is 0.900. The van der Waals surface area contributed by atoms with E-state index in [0.29, 0.717) is 0 Å². The Kier molecular flexibility index (Phi) is 2.97. The molecule has 1 aromatic rings. The summed E-state index contributed by atoms with van der Waals surface area (Å²) in [4.78, 5) is 0. The van der Waals surface area contributed by atoms with E-state index in [-0.39, 0.29) is 0 Å². The van der Waals surface area contributed by atoms with Crippen LogP contribution in [0.5, 0.6) is 5.75 Å². The van der Waals surface area contributed by atoms with Gasteiger partial charge in [-0.2, -0.15) is 0 Å². The van der Waals surface area contributed by atoms with Gasteiger partial charge in [0.2, 0.25) is 0 Å². The number of benzene rings is 1. The van der Waals surface area contributed by atoms with Crippen molar-refractivity contribution in [2.45, 2.75) is 20.3 Å². The summed E-state index contributed by atoms with van der Waals surface area (Å²) in [6, 6.07) is 5.74. The van der Waals surface area contributed by atoms with Crippen LogP contribution in [-0.2, 0) is 0 Å². The first kappa shape index (κ1) is 8.91. The van der Waals surface area contributed by atoms with Crippen LogP contribution in [0.4, 0.5) is 5.69 Å². The van der Waals surface area contributed by atoms with Crippen LogP contribution in [-0.4, -0.2) is 6.61 Å². The predicted octanol–water partition coefficient (Wildman–Crippen LogP) is 2.37. The third kappa shape index (κ3) is 1.91. The molecule has 1 rings (SSSR count). The second kappa shape index (κ2) is 4.00. The van der Waals surface area contributed by atoms with Gasteiger partial charge in [0.05, 0.1) is 6.61 Å². The average Bonchev–Trinajstić information content (AvgIpc) is 2.08. The predicted molar refractivity (Wildman–Crippen MR) is 51.4 cm³/mol. The molecular formula is C10H15NO. The Morgan fingerprint density at radius 2 is 2.17 bits per heavy atom.